The third-order valence-electron chi connectivity index (χ3n) is 2.78. The number of para-hydroxylation sites is 1. The zero-order valence-corrected chi connectivity index (χ0v) is 10.9. The number of aromatic nitrogens is 2. The summed E-state index contributed by atoms with van der Waals surface area (Å²) >= 11 is 0. The van der Waals surface area contributed by atoms with Crippen LogP contribution in [0, 0.1) is 0 Å². The summed E-state index contributed by atoms with van der Waals surface area (Å²) < 4.78 is 10.9. The Morgan fingerprint density at radius 2 is 2.11 bits per heavy atom. The Kier molecular flexibility index (Phi) is 3.05. The summed E-state index contributed by atoms with van der Waals surface area (Å²) in [6.45, 7) is 4.69. The molecule has 0 aliphatic rings. The van der Waals surface area contributed by atoms with Crippen LogP contribution in [-0.2, 0) is 6.54 Å². The van der Waals surface area contributed by atoms with Crippen LogP contribution >= 0.6 is 0 Å². The molecule has 19 heavy (non-hydrogen) atoms. The van der Waals surface area contributed by atoms with Gasteiger partial charge in [-0.1, -0.05) is 37.2 Å². The highest BCUT2D eigenvalue weighted by Gasteiger charge is 2.13. The van der Waals surface area contributed by atoms with E-state index in [4.69, 9.17) is 8.94 Å². The van der Waals surface area contributed by atoms with Crippen molar-refractivity contribution in [3.05, 3.63) is 36.2 Å². The van der Waals surface area contributed by atoms with Gasteiger partial charge in [-0.05, 0) is 12.1 Å². The molecule has 0 amide bonds. The first-order chi connectivity index (χ1) is 9.22. The average Bonchev–Trinajstić information content (AvgIpc) is 3.02. The molecule has 3 aromatic rings. The molecule has 5 nitrogen and oxygen atoms in total. The van der Waals surface area contributed by atoms with E-state index in [1.165, 1.54) is 0 Å². The third-order valence-corrected chi connectivity index (χ3v) is 2.78. The molecule has 0 fully saturated rings. The number of fused-ring (bicyclic) bond motifs is 1. The van der Waals surface area contributed by atoms with Crippen LogP contribution in [0.2, 0.25) is 0 Å². The first kappa shape index (κ1) is 11.9. The Hall–Kier alpha value is -2.14. The lowest BCUT2D eigenvalue weighted by atomic mass is 10.2. The van der Waals surface area contributed by atoms with E-state index in [1.54, 1.807) is 0 Å². The third kappa shape index (κ3) is 2.51. The molecule has 0 bridgehead atoms. The lowest BCUT2D eigenvalue weighted by Gasteiger charge is -2.02. The number of nitrogens with zero attached hydrogens (tertiary/aromatic N) is 2. The fraction of sp³-hybridized carbons (Fsp3) is 0.286. The summed E-state index contributed by atoms with van der Waals surface area (Å²) in [5.41, 5.74) is 0.823. The van der Waals surface area contributed by atoms with Crippen molar-refractivity contribution in [3.63, 3.8) is 0 Å². The fourth-order valence-corrected chi connectivity index (χ4v) is 1.81. The quantitative estimate of drug-likeness (QED) is 0.778. The number of hydrogen-bond donors (Lipinski definition) is 1. The number of rotatable bonds is 4. The van der Waals surface area contributed by atoms with Crippen LogP contribution in [-0.4, -0.2) is 16.2 Å². The summed E-state index contributed by atoms with van der Waals surface area (Å²) in [5, 5.41) is 8.20. The smallest absolute Gasteiger partial charge is 0.241 e. The Bertz CT molecular complexity index is 652. The molecule has 2 aromatic heterocycles. The van der Waals surface area contributed by atoms with Crippen molar-refractivity contribution in [2.24, 2.45) is 0 Å². The van der Waals surface area contributed by atoms with E-state index in [2.05, 4.69) is 29.3 Å². The van der Waals surface area contributed by atoms with Crippen molar-refractivity contribution in [2.75, 3.05) is 0 Å². The SMILES string of the molecule is CC(C)NCc1nc(-c2cc3ccccc3o2)no1. The molecule has 0 spiro atoms. The number of nitrogens with one attached hydrogen (secondary N) is 1. The summed E-state index contributed by atoms with van der Waals surface area (Å²) in [6, 6.07) is 10.1. The van der Waals surface area contributed by atoms with E-state index in [9.17, 15) is 0 Å². The maximum Gasteiger partial charge on any atom is 0.241 e. The van der Waals surface area contributed by atoms with Gasteiger partial charge in [-0.2, -0.15) is 4.98 Å². The highest BCUT2D eigenvalue weighted by atomic mass is 16.5. The van der Waals surface area contributed by atoms with Crippen LogP contribution in [0.5, 0.6) is 0 Å². The van der Waals surface area contributed by atoms with E-state index < -0.39 is 0 Å². The van der Waals surface area contributed by atoms with Crippen LogP contribution in [0.25, 0.3) is 22.6 Å². The second kappa shape index (κ2) is 4.85. The number of hydrogen-bond acceptors (Lipinski definition) is 5. The van der Waals surface area contributed by atoms with Crippen LogP contribution in [0.1, 0.15) is 19.7 Å². The summed E-state index contributed by atoms with van der Waals surface area (Å²) in [4.78, 5) is 4.31. The van der Waals surface area contributed by atoms with E-state index in [-0.39, 0.29) is 0 Å². The molecule has 0 saturated heterocycles. The zero-order chi connectivity index (χ0) is 13.2. The van der Waals surface area contributed by atoms with E-state index in [0.717, 1.165) is 11.0 Å². The molecule has 5 heteroatoms. The van der Waals surface area contributed by atoms with Gasteiger partial charge < -0.3 is 14.3 Å². The van der Waals surface area contributed by atoms with Gasteiger partial charge in [0.25, 0.3) is 0 Å². The Balaban J connectivity index is 1.85. The van der Waals surface area contributed by atoms with Gasteiger partial charge in [0.05, 0.1) is 6.54 Å². The van der Waals surface area contributed by atoms with Crippen LogP contribution in [0.4, 0.5) is 0 Å². The molecular formula is C14H15N3O2. The monoisotopic (exact) mass is 257 g/mol. The molecule has 1 N–H and O–H groups in total. The summed E-state index contributed by atoms with van der Waals surface area (Å²) in [7, 11) is 0. The summed E-state index contributed by atoms with van der Waals surface area (Å²) in [5.74, 6) is 1.67. The highest BCUT2D eigenvalue weighted by Crippen LogP contribution is 2.25. The minimum absolute atomic E-state index is 0.376. The lowest BCUT2D eigenvalue weighted by molar-refractivity contribution is 0.361. The van der Waals surface area contributed by atoms with Crippen molar-refractivity contribution < 1.29 is 8.94 Å². The second-order valence-electron chi connectivity index (χ2n) is 4.70. The molecule has 0 aliphatic heterocycles. The van der Waals surface area contributed by atoms with Crippen molar-refractivity contribution in [1.29, 1.82) is 0 Å². The van der Waals surface area contributed by atoms with Gasteiger partial charge in [-0.3, -0.25) is 0 Å². The number of benzene rings is 1. The molecule has 1 aromatic carbocycles. The van der Waals surface area contributed by atoms with E-state index in [1.807, 2.05) is 30.3 Å². The van der Waals surface area contributed by atoms with Gasteiger partial charge in [0.2, 0.25) is 11.7 Å². The number of furan rings is 1. The van der Waals surface area contributed by atoms with Crippen molar-refractivity contribution in [3.8, 4) is 11.6 Å². The maximum absolute atomic E-state index is 5.69. The first-order valence-corrected chi connectivity index (χ1v) is 6.27. The van der Waals surface area contributed by atoms with Crippen molar-refractivity contribution in [2.45, 2.75) is 26.4 Å². The molecule has 0 radical (unpaired) electrons. The molecule has 0 saturated carbocycles. The van der Waals surface area contributed by atoms with Crippen molar-refractivity contribution >= 4 is 11.0 Å². The molecule has 3 rings (SSSR count). The largest absolute Gasteiger partial charge is 0.453 e. The van der Waals surface area contributed by atoms with Gasteiger partial charge in [-0.15, -0.1) is 0 Å². The minimum Gasteiger partial charge on any atom is -0.453 e. The summed E-state index contributed by atoms with van der Waals surface area (Å²) in [6.07, 6.45) is 0. The standard InChI is InChI=1S/C14H15N3O2/c1-9(2)15-8-13-16-14(17-19-13)12-7-10-5-3-4-6-11(10)18-12/h3-7,9,15H,8H2,1-2H3. The van der Waals surface area contributed by atoms with Crippen molar-refractivity contribution in [1.82, 2.24) is 15.5 Å². The Morgan fingerprint density at radius 1 is 1.26 bits per heavy atom. The molecule has 0 aliphatic carbocycles. The highest BCUT2D eigenvalue weighted by molar-refractivity contribution is 5.81. The maximum atomic E-state index is 5.69. The zero-order valence-electron chi connectivity index (χ0n) is 10.9. The van der Waals surface area contributed by atoms with Crippen LogP contribution in [0.3, 0.4) is 0 Å². The van der Waals surface area contributed by atoms with E-state index in [0.29, 0.717) is 30.1 Å². The predicted octanol–water partition coefficient (Wildman–Crippen LogP) is 2.98. The normalized spacial score (nSPS) is 11.5. The second-order valence-corrected chi connectivity index (χ2v) is 4.70. The first-order valence-electron chi connectivity index (χ1n) is 6.27. The van der Waals surface area contributed by atoms with Gasteiger partial charge in [0.1, 0.15) is 5.58 Å². The van der Waals surface area contributed by atoms with Gasteiger partial charge >= 0.3 is 0 Å². The van der Waals surface area contributed by atoms with E-state index >= 15 is 0 Å². The van der Waals surface area contributed by atoms with Crippen LogP contribution < -0.4 is 5.32 Å². The molecule has 0 unspecified atom stereocenters. The van der Waals surface area contributed by atoms with Gasteiger partial charge in [-0.25, -0.2) is 0 Å². The molecule has 0 atom stereocenters. The van der Waals surface area contributed by atoms with Gasteiger partial charge in [0.15, 0.2) is 5.76 Å². The van der Waals surface area contributed by atoms with Crippen LogP contribution in [0.15, 0.2) is 39.3 Å². The molecule has 98 valence electrons. The Morgan fingerprint density at radius 3 is 2.89 bits per heavy atom. The predicted molar refractivity (Wildman–Crippen MR) is 71.5 cm³/mol. The lowest BCUT2D eigenvalue weighted by Crippen LogP contribution is -2.21. The average molecular weight is 257 g/mol. The minimum atomic E-state index is 0.376. The topological polar surface area (TPSA) is 64.1 Å². The fourth-order valence-electron chi connectivity index (χ4n) is 1.81. The Labute approximate surface area is 110 Å². The van der Waals surface area contributed by atoms with Gasteiger partial charge in [0, 0.05) is 11.4 Å². The molecule has 2 heterocycles. The molecular weight excluding hydrogens is 242 g/mol.